The summed E-state index contributed by atoms with van der Waals surface area (Å²) in [6.07, 6.45) is 5.49. The average molecular weight is 560 g/mol. The largest absolute Gasteiger partial charge is 0.374 e. The third-order valence-electron chi connectivity index (χ3n) is 6.93. The van der Waals surface area contributed by atoms with Crippen molar-refractivity contribution in [2.45, 2.75) is 25.7 Å². The zero-order valence-electron chi connectivity index (χ0n) is 20.9. The van der Waals surface area contributed by atoms with E-state index < -0.39 is 0 Å². The minimum atomic E-state index is -0.217. The molecule has 3 amide bonds. The lowest BCUT2D eigenvalue weighted by Gasteiger charge is -2.37. The molecule has 37 heavy (non-hydrogen) atoms. The summed E-state index contributed by atoms with van der Waals surface area (Å²) in [5, 5.41) is 4.09. The Bertz CT molecular complexity index is 1030. The van der Waals surface area contributed by atoms with Crippen molar-refractivity contribution in [1.29, 1.82) is 0 Å². The molecule has 0 bridgehead atoms. The number of amides is 3. The molecule has 5 rings (SSSR count). The summed E-state index contributed by atoms with van der Waals surface area (Å²) in [5.41, 5.74) is 0.234. The van der Waals surface area contributed by atoms with Crippen LogP contribution in [0.1, 0.15) is 22.6 Å². The number of carbonyl (C=O) groups excluding carboxylic acids is 3. The molecule has 0 N–H and O–H groups in total. The molecule has 0 atom stereocenters. The number of rotatable bonds is 9. The first kappa shape index (κ1) is 26.3. The second-order valence-corrected chi connectivity index (χ2v) is 12.6. The van der Waals surface area contributed by atoms with Gasteiger partial charge < -0.3 is 9.80 Å². The van der Waals surface area contributed by atoms with Crippen molar-refractivity contribution in [3.05, 3.63) is 56.6 Å². The molecule has 0 spiro atoms. The molecule has 0 saturated carbocycles. The molecule has 0 aliphatic carbocycles. The molecule has 0 unspecified atom stereocenters. The van der Waals surface area contributed by atoms with Crippen LogP contribution >= 0.6 is 34.8 Å². The minimum absolute atomic E-state index is 0.210. The summed E-state index contributed by atoms with van der Waals surface area (Å²) in [6, 6.07) is 8.19. The van der Waals surface area contributed by atoms with E-state index in [-0.39, 0.29) is 23.3 Å². The maximum absolute atomic E-state index is 13.4. The summed E-state index contributed by atoms with van der Waals surface area (Å²) in [7, 11) is 0. The summed E-state index contributed by atoms with van der Waals surface area (Å²) in [6.45, 7) is 6.16. The quantitative estimate of drug-likeness (QED) is 0.267. The first-order valence-electron chi connectivity index (χ1n) is 12.9. The van der Waals surface area contributed by atoms with Crippen LogP contribution in [0.25, 0.3) is 0 Å². The van der Waals surface area contributed by atoms with E-state index in [1.807, 2.05) is 27.8 Å². The Balaban J connectivity index is 1.22. The maximum atomic E-state index is 13.4. The molecule has 5 heterocycles. The van der Waals surface area contributed by atoms with Gasteiger partial charge in [-0.25, -0.2) is 0 Å². The molecule has 2 aromatic heterocycles. The van der Waals surface area contributed by atoms with Crippen molar-refractivity contribution in [1.82, 2.24) is 23.3 Å². The molecule has 0 radical (unpaired) electrons. The van der Waals surface area contributed by atoms with Crippen molar-refractivity contribution in [2.24, 2.45) is 0 Å². The first-order valence-corrected chi connectivity index (χ1v) is 15.4. The average Bonchev–Trinajstić information content (AvgIpc) is 3.70. The SMILES string of the molecule is O=C(CN1CCN(C=C2C(=O)N(CCc3cccs3)SN(CCc3cccs3)C2=O)CC1)N1CCCC1. The van der Waals surface area contributed by atoms with Gasteiger partial charge in [0, 0.05) is 81.2 Å². The number of carbonyl (C=O) groups is 3. The summed E-state index contributed by atoms with van der Waals surface area (Å²) in [5.74, 6) is -0.224. The van der Waals surface area contributed by atoms with Gasteiger partial charge in [-0.15, -0.1) is 22.7 Å². The Kier molecular flexibility index (Phi) is 8.85. The van der Waals surface area contributed by atoms with E-state index in [4.69, 9.17) is 0 Å². The van der Waals surface area contributed by atoms with Crippen molar-refractivity contribution in [3.63, 3.8) is 0 Å². The topological polar surface area (TPSA) is 67.4 Å². The summed E-state index contributed by atoms with van der Waals surface area (Å²) in [4.78, 5) is 48.0. The monoisotopic (exact) mass is 559 g/mol. The van der Waals surface area contributed by atoms with Gasteiger partial charge in [0.25, 0.3) is 11.8 Å². The lowest BCUT2D eigenvalue weighted by atomic mass is 10.2. The van der Waals surface area contributed by atoms with Gasteiger partial charge in [-0.1, -0.05) is 12.1 Å². The number of nitrogens with zero attached hydrogens (tertiary/aromatic N) is 5. The van der Waals surface area contributed by atoms with E-state index in [0.717, 1.165) is 51.9 Å². The number of piperazine rings is 1. The zero-order valence-corrected chi connectivity index (χ0v) is 23.4. The smallest absolute Gasteiger partial charge is 0.272 e. The van der Waals surface area contributed by atoms with Gasteiger partial charge in [-0.3, -0.25) is 27.9 Å². The standard InChI is InChI=1S/C26H33N5O3S3/c32-24(29-9-1-2-10-29)20-28-15-13-27(14-16-28)19-23-25(33)30(11-7-21-5-3-17-35-21)37-31(26(23)34)12-8-22-6-4-18-36-22/h3-6,17-19H,1-2,7-16,20H2. The highest BCUT2D eigenvalue weighted by atomic mass is 32.2. The highest BCUT2D eigenvalue weighted by molar-refractivity contribution is 7.96. The molecule has 3 aliphatic heterocycles. The van der Waals surface area contributed by atoms with E-state index in [2.05, 4.69) is 21.9 Å². The van der Waals surface area contributed by atoms with Crippen LogP contribution in [-0.2, 0) is 27.2 Å². The lowest BCUT2D eigenvalue weighted by Crippen LogP contribution is -2.49. The van der Waals surface area contributed by atoms with Gasteiger partial charge in [0.05, 0.1) is 18.7 Å². The van der Waals surface area contributed by atoms with Crippen molar-refractivity contribution < 1.29 is 14.4 Å². The Morgan fingerprint density at radius 2 is 1.38 bits per heavy atom. The summed E-state index contributed by atoms with van der Waals surface area (Å²) < 4.78 is 3.46. The van der Waals surface area contributed by atoms with Crippen LogP contribution in [0.15, 0.2) is 46.8 Å². The fourth-order valence-electron chi connectivity index (χ4n) is 4.77. The van der Waals surface area contributed by atoms with Gasteiger partial charge in [-0.2, -0.15) is 0 Å². The molecule has 3 fully saturated rings. The van der Waals surface area contributed by atoms with E-state index in [1.165, 1.54) is 21.9 Å². The van der Waals surface area contributed by atoms with E-state index in [9.17, 15) is 14.4 Å². The van der Waals surface area contributed by atoms with Crippen molar-refractivity contribution in [2.75, 3.05) is 58.9 Å². The normalized spacial score (nSPS) is 19.3. The van der Waals surface area contributed by atoms with Crippen LogP contribution in [0.2, 0.25) is 0 Å². The molecule has 3 aliphatic rings. The van der Waals surface area contributed by atoms with Gasteiger partial charge in [0.15, 0.2) is 0 Å². The fraction of sp³-hybridized carbons (Fsp3) is 0.500. The number of likely N-dealkylation sites (tertiary alicyclic amines) is 1. The van der Waals surface area contributed by atoms with Gasteiger partial charge in [-0.05, 0) is 35.7 Å². The molecule has 2 aromatic rings. The van der Waals surface area contributed by atoms with E-state index >= 15 is 0 Å². The molecule has 0 aromatic carbocycles. The predicted octanol–water partition coefficient (Wildman–Crippen LogP) is 2.95. The van der Waals surface area contributed by atoms with E-state index in [1.54, 1.807) is 37.5 Å². The second kappa shape index (κ2) is 12.5. The predicted molar refractivity (Wildman–Crippen MR) is 149 cm³/mol. The Labute approximate surface area is 230 Å². The van der Waals surface area contributed by atoms with Gasteiger partial charge in [0.1, 0.15) is 5.57 Å². The second-order valence-electron chi connectivity index (χ2n) is 9.50. The third-order valence-corrected chi connectivity index (χ3v) is 9.89. The molecule has 3 saturated heterocycles. The number of hydrogen-bond acceptors (Lipinski definition) is 8. The lowest BCUT2D eigenvalue weighted by molar-refractivity contribution is -0.132. The Hall–Kier alpha value is -2.34. The van der Waals surface area contributed by atoms with Crippen LogP contribution < -0.4 is 0 Å². The fourth-order valence-corrected chi connectivity index (χ4v) is 7.10. The molecular weight excluding hydrogens is 527 g/mol. The number of hydrogen-bond donors (Lipinski definition) is 0. The van der Waals surface area contributed by atoms with Gasteiger partial charge in [0.2, 0.25) is 5.91 Å². The van der Waals surface area contributed by atoms with Crippen LogP contribution in [0, 0.1) is 0 Å². The van der Waals surface area contributed by atoms with Gasteiger partial charge >= 0.3 is 0 Å². The first-order chi connectivity index (χ1) is 18.1. The number of thiophene rings is 2. The molecule has 11 heteroatoms. The van der Waals surface area contributed by atoms with Crippen LogP contribution in [-0.4, -0.2) is 99.9 Å². The minimum Gasteiger partial charge on any atom is -0.374 e. The molecule has 198 valence electrons. The Morgan fingerprint density at radius 3 is 1.89 bits per heavy atom. The highest BCUT2D eigenvalue weighted by Gasteiger charge is 2.37. The molecule has 8 nitrogen and oxygen atoms in total. The summed E-state index contributed by atoms with van der Waals surface area (Å²) >= 11 is 4.61. The van der Waals surface area contributed by atoms with Crippen LogP contribution in [0.5, 0.6) is 0 Å². The molecular formula is C26H33N5O3S3. The third kappa shape index (κ3) is 6.76. The van der Waals surface area contributed by atoms with Crippen molar-refractivity contribution in [3.8, 4) is 0 Å². The highest BCUT2D eigenvalue weighted by Crippen LogP contribution is 2.29. The van der Waals surface area contributed by atoms with E-state index in [0.29, 0.717) is 32.7 Å². The zero-order chi connectivity index (χ0) is 25.6. The van der Waals surface area contributed by atoms with Crippen LogP contribution in [0.3, 0.4) is 0 Å². The maximum Gasteiger partial charge on any atom is 0.272 e. The van der Waals surface area contributed by atoms with Crippen LogP contribution in [0.4, 0.5) is 0 Å². The van der Waals surface area contributed by atoms with Crippen molar-refractivity contribution >= 4 is 52.5 Å². The Morgan fingerprint density at radius 1 is 0.811 bits per heavy atom.